The highest BCUT2D eigenvalue weighted by Crippen LogP contribution is 2.27. The summed E-state index contributed by atoms with van der Waals surface area (Å²) in [6.07, 6.45) is 0. The van der Waals surface area contributed by atoms with E-state index < -0.39 is 17.7 Å². The summed E-state index contributed by atoms with van der Waals surface area (Å²) in [4.78, 5) is 31.9. The van der Waals surface area contributed by atoms with E-state index in [1.807, 2.05) is 0 Å². The van der Waals surface area contributed by atoms with Gasteiger partial charge in [0.15, 0.2) is 11.5 Å². The van der Waals surface area contributed by atoms with Gasteiger partial charge >= 0.3 is 12.0 Å². The van der Waals surface area contributed by atoms with E-state index in [-0.39, 0.29) is 41.1 Å². The van der Waals surface area contributed by atoms with Gasteiger partial charge < -0.3 is 20.9 Å². The lowest BCUT2D eigenvalue weighted by Crippen LogP contribution is -2.20. The molecule has 0 atom stereocenters. The molecule has 12 heteroatoms. The molecular formula is C20H16FN7O4. The fourth-order valence-electron chi connectivity index (χ4n) is 3.11. The zero-order chi connectivity index (χ0) is 22.8. The Bertz CT molecular complexity index is 1360. The molecule has 0 spiro atoms. The van der Waals surface area contributed by atoms with Gasteiger partial charge in [0.25, 0.3) is 11.9 Å². The van der Waals surface area contributed by atoms with Crippen LogP contribution in [0.2, 0.25) is 0 Å². The molecule has 4 rings (SSSR count). The number of hydrogen-bond donors (Lipinski definition) is 3. The molecule has 0 saturated carbocycles. The Hall–Kier alpha value is -4.61. The SMILES string of the molecule is COc1nc2c(C(=O)O)cccc2n1-c1nnc(C(N)=O)c(NCc2cccc(F)c2)n1. The van der Waals surface area contributed by atoms with Crippen molar-refractivity contribution in [3.05, 3.63) is 65.1 Å². The lowest BCUT2D eigenvalue weighted by Gasteiger charge is -2.11. The first-order chi connectivity index (χ1) is 15.4. The van der Waals surface area contributed by atoms with Crippen LogP contribution in [0.1, 0.15) is 26.4 Å². The van der Waals surface area contributed by atoms with Crippen LogP contribution in [-0.4, -0.2) is 48.8 Å². The third-order valence-electron chi connectivity index (χ3n) is 4.53. The molecule has 0 bridgehead atoms. The van der Waals surface area contributed by atoms with Gasteiger partial charge in [-0.3, -0.25) is 4.79 Å². The number of primary amides is 1. The Balaban J connectivity index is 1.82. The second-order valence-corrected chi connectivity index (χ2v) is 6.57. The minimum Gasteiger partial charge on any atom is -0.478 e. The average Bonchev–Trinajstić information content (AvgIpc) is 3.16. The van der Waals surface area contributed by atoms with Gasteiger partial charge in [0, 0.05) is 6.54 Å². The first-order valence-electron chi connectivity index (χ1n) is 9.21. The van der Waals surface area contributed by atoms with Gasteiger partial charge in [0.2, 0.25) is 0 Å². The number of hydrogen-bond acceptors (Lipinski definition) is 8. The second-order valence-electron chi connectivity index (χ2n) is 6.57. The van der Waals surface area contributed by atoms with E-state index in [2.05, 4.69) is 25.5 Å². The number of aromatic nitrogens is 5. The standard InChI is InChI=1S/C20H16FN7O4/c1-32-20-24-14-12(18(30)31)6-3-7-13(14)28(20)19-25-17(15(16(22)29)26-27-19)23-9-10-4-2-5-11(21)8-10/h2-8H,9H2,1H3,(H2,22,29)(H,30,31)(H,23,25,27). The number of carboxylic acid groups (broad SMARTS) is 1. The second kappa shape index (κ2) is 8.26. The van der Waals surface area contributed by atoms with Crippen molar-refractivity contribution in [1.82, 2.24) is 24.7 Å². The summed E-state index contributed by atoms with van der Waals surface area (Å²) in [5.74, 6) is -2.48. The van der Waals surface area contributed by atoms with E-state index in [1.165, 1.54) is 35.9 Å². The summed E-state index contributed by atoms with van der Waals surface area (Å²) in [7, 11) is 1.35. The van der Waals surface area contributed by atoms with E-state index in [0.29, 0.717) is 11.1 Å². The van der Waals surface area contributed by atoms with Crippen LogP contribution in [0.5, 0.6) is 6.01 Å². The molecule has 32 heavy (non-hydrogen) atoms. The van der Waals surface area contributed by atoms with Gasteiger partial charge in [0.05, 0.1) is 18.2 Å². The highest BCUT2D eigenvalue weighted by molar-refractivity contribution is 6.01. The third kappa shape index (κ3) is 3.76. The Morgan fingerprint density at radius 3 is 2.66 bits per heavy atom. The first-order valence-corrected chi connectivity index (χ1v) is 9.21. The zero-order valence-electron chi connectivity index (χ0n) is 16.6. The van der Waals surface area contributed by atoms with E-state index in [0.717, 1.165) is 0 Å². The number of halogens is 1. The number of aromatic carboxylic acids is 1. The number of amides is 1. The number of carboxylic acids is 1. The summed E-state index contributed by atoms with van der Waals surface area (Å²) >= 11 is 0. The summed E-state index contributed by atoms with van der Waals surface area (Å²) < 4.78 is 20.1. The van der Waals surface area contributed by atoms with Crippen LogP contribution in [0, 0.1) is 5.82 Å². The molecule has 0 saturated heterocycles. The largest absolute Gasteiger partial charge is 0.478 e. The van der Waals surface area contributed by atoms with Crippen molar-refractivity contribution in [2.45, 2.75) is 6.54 Å². The normalized spacial score (nSPS) is 10.8. The Morgan fingerprint density at radius 2 is 1.97 bits per heavy atom. The number of methoxy groups -OCH3 is 1. The number of nitrogens with zero attached hydrogens (tertiary/aromatic N) is 5. The molecule has 2 aromatic heterocycles. The molecule has 11 nitrogen and oxygen atoms in total. The number of para-hydroxylation sites is 1. The molecule has 1 amide bonds. The maximum absolute atomic E-state index is 13.5. The average molecular weight is 437 g/mol. The summed E-state index contributed by atoms with van der Waals surface area (Å²) in [5, 5.41) is 20.1. The highest BCUT2D eigenvalue weighted by Gasteiger charge is 2.22. The molecule has 0 aliphatic carbocycles. The number of rotatable bonds is 7. The highest BCUT2D eigenvalue weighted by atomic mass is 19.1. The minimum absolute atomic E-state index is 0.00468. The number of benzene rings is 2. The quantitative estimate of drug-likeness (QED) is 0.392. The molecule has 0 fully saturated rings. The Morgan fingerprint density at radius 1 is 1.19 bits per heavy atom. The number of carbonyl (C=O) groups is 2. The van der Waals surface area contributed by atoms with Crippen LogP contribution in [-0.2, 0) is 6.54 Å². The van der Waals surface area contributed by atoms with Crippen LogP contribution in [0.25, 0.3) is 17.0 Å². The van der Waals surface area contributed by atoms with E-state index in [9.17, 15) is 19.1 Å². The van der Waals surface area contributed by atoms with Gasteiger partial charge in [0.1, 0.15) is 11.3 Å². The Labute approximate surface area is 179 Å². The van der Waals surface area contributed by atoms with Gasteiger partial charge in [-0.05, 0) is 29.8 Å². The number of imidazole rings is 1. The number of ether oxygens (including phenoxy) is 1. The van der Waals surface area contributed by atoms with Crippen LogP contribution in [0.15, 0.2) is 42.5 Å². The monoisotopic (exact) mass is 437 g/mol. The van der Waals surface area contributed by atoms with Crippen molar-refractivity contribution >= 4 is 28.7 Å². The van der Waals surface area contributed by atoms with Crippen molar-refractivity contribution in [3.8, 4) is 12.0 Å². The first kappa shape index (κ1) is 20.7. The molecule has 0 aliphatic rings. The fourth-order valence-corrected chi connectivity index (χ4v) is 3.11. The predicted molar refractivity (Wildman–Crippen MR) is 110 cm³/mol. The maximum Gasteiger partial charge on any atom is 0.337 e. The lowest BCUT2D eigenvalue weighted by atomic mass is 10.2. The van der Waals surface area contributed by atoms with Gasteiger partial charge in [-0.25, -0.2) is 13.8 Å². The number of anilines is 1. The van der Waals surface area contributed by atoms with Gasteiger partial charge in [-0.2, -0.15) is 9.97 Å². The smallest absolute Gasteiger partial charge is 0.337 e. The predicted octanol–water partition coefficient (Wildman–Crippen LogP) is 1.77. The third-order valence-corrected chi connectivity index (χ3v) is 4.53. The number of nitrogens with two attached hydrogens (primary N) is 1. The Kier molecular flexibility index (Phi) is 5.33. The van der Waals surface area contributed by atoms with Crippen molar-refractivity contribution in [3.63, 3.8) is 0 Å². The van der Waals surface area contributed by atoms with Crippen molar-refractivity contribution < 1.29 is 23.8 Å². The van der Waals surface area contributed by atoms with E-state index in [4.69, 9.17) is 10.5 Å². The van der Waals surface area contributed by atoms with Crippen LogP contribution in [0.3, 0.4) is 0 Å². The molecular weight excluding hydrogens is 421 g/mol. The molecule has 0 aliphatic heterocycles. The van der Waals surface area contributed by atoms with Crippen LogP contribution >= 0.6 is 0 Å². The molecule has 2 aromatic carbocycles. The summed E-state index contributed by atoms with van der Waals surface area (Å²) in [6.45, 7) is 0.126. The maximum atomic E-state index is 13.5. The number of carbonyl (C=O) groups excluding carboxylic acids is 1. The molecule has 2 heterocycles. The molecule has 0 radical (unpaired) electrons. The lowest BCUT2D eigenvalue weighted by molar-refractivity contribution is 0.0698. The molecule has 4 aromatic rings. The fraction of sp³-hybridized carbons (Fsp3) is 0.100. The van der Waals surface area contributed by atoms with E-state index >= 15 is 0 Å². The van der Waals surface area contributed by atoms with Gasteiger partial charge in [-0.1, -0.05) is 18.2 Å². The summed E-state index contributed by atoms with van der Waals surface area (Å²) in [5.41, 5.74) is 6.24. The molecule has 0 unspecified atom stereocenters. The number of fused-ring (bicyclic) bond motifs is 1. The van der Waals surface area contributed by atoms with Crippen LogP contribution < -0.4 is 15.8 Å². The number of nitrogens with one attached hydrogen (secondary N) is 1. The van der Waals surface area contributed by atoms with Crippen LogP contribution in [0.4, 0.5) is 10.2 Å². The molecule has 162 valence electrons. The van der Waals surface area contributed by atoms with Crippen molar-refractivity contribution in [2.75, 3.05) is 12.4 Å². The molecule has 4 N–H and O–H groups in total. The van der Waals surface area contributed by atoms with E-state index in [1.54, 1.807) is 18.2 Å². The zero-order valence-corrected chi connectivity index (χ0v) is 16.6. The van der Waals surface area contributed by atoms with Gasteiger partial charge in [-0.15, -0.1) is 10.2 Å². The summed E-state index contributed by atoms with van der Waals surface area (Å²) in [6, 6.07) is 10.4. The van der Waals surface area contributed by atoms with Crippen molar-refractivity contribution in [2.24, 2.45) is 5.73 Å². The topological polar surface area (TPSA) is 158 Å². The van der Waals surface area contributed by atoms with Crippen molar-refractivity contribution in [1.29, 1.82) is 0 Å². The minimum atomic E-state index is -1.16.